The molecule has 0 aromatic heterocycles. The van der Waals surface area contributed by atoms with E-state index in [1.807, 2.05) is 30.3 Å². The van der Waals surface area contributed by atoms with E-state index < -0.39 is 0 Å². The Morgan fingerprint density at radius 1 is 1.14 bits per heavy atom. The second kappa shape index (κ2) is 4.58. The van der Waals surface area contributed by atoms with Gasteiger partial charge in [-0.05, 0) is 24.3 Å². The lowest BCUT2D eigenvalue weighted by Crippen LogP contribution is -2.21. The zero-order valence-electron chi connectivity index (χ0n) is 8.23. The van der Waals surface area contributed by atoms with Gasteiger partial charge >= 0.3 is 0 Å². The van der Waals surface area contributed by atoms with Crippen molar-refractivity contribution in [3.63, 3.8) is 0 Å². The van der Waals surface area contributed by atoms with Gasteiger partial charge in [0.25, 0.3) is 0 Å². The van der Waals surface area contributed by atoms with Gasteiger partial charge in [-0.15, -0.1) is 0 Å². The molecule has 1 fully saturated rings. The van der Waals surface area contributed by atoms with Crippen LogP contribution in [0.5, 0.6) is 0 Å². The van der Waals surface area contributed by atoms with E-state index in [-0.39, 0.29) is 6.10 Å². The van der Waals surface area contributed by atoms with E-state index in [0.717, 1.165) is 31.6 Å². The average molecular weight is 192 g/mol. The van der Waals surface area contributed by atoms with Crippen LogP contribution in [0.1, 0.15) is 24.5 Å². The van der Waals surface area contributed by atoms with Crippen LogP contribution >= 0.6 is 0 Å². The van der Waals surface area contributed by atoms with Gasteiger partial charge in [-0.1, -0.05) is 30.3 Å². The Kier molecular flexibility index (Phi) is 3.17. The number of aliphatic hydroxyl groups is 1. The van der Waals surface area contributed by atoms with Gasteiger partial charge in [0.2, 0.25) is 0 Å². The van der Waals surface area contributed by atoms with Crippen molar-refractivity contribution in [1.82, 2.24) is 0 Å². The number of aliphatic hydroxyl groups excluding tert-OH is 1. The summed E-state index contributed by atoms with van der Waals surface area (Å²) in [6.45, 7) is 1.57. The first-order chi connectivity index (χ1) is 6.88. The van der Waals surface area contributed by atoms with Crippen LogP contribution in [0.3, 0.4) is 0 Å². The van der Waals surface area contributed by atoms with Gasteiger partial charge < -0.3 is 9.84 Å². The van der Waals surface area contributed by atoms with Gasteiger partial charge in [-0.3, -0.25) is 0 Å². The molecule has 0 amide bonds. The van der Waals surface area contributed by atoms with Crippen LogP contribution < -0.4 is 0 Å². The standard InChI is InChI=1S/C12H16O2/c13-12(10-4-2-1-3-5-10)11-6-8-14-9-7-11/h1-5,11-13H,6-9H2. The SMILES string of the molecule is OC(c1ccccc1)C1CCOCC1. The van der Waals surface area contributed by atoms with Crippen LogP contribution in [0.2, 0.25) is 0 Å². The maximum Gasteiger partial charge on any atom is 0.0819 e. The highest BCUT2D eigenvalue weighted by atomic mass is 16.5. The summed E-state index contributed by atoms with van der Waals surface area (Å²) in [5.41, 5.74) is 1.03. The second-order valence-electron chi connectivity index (χ2n) is 3.81. The van der Waals surface area contributed by atoms with Crippen molar-refractivity contribution in [3.8, 4) is 0 Å². The van der Waals surface area contributed by atoms with Crippen molar-refractivity contribution < 1.29 is 9.84 Å². The van der Waals surface area contributed by atoms with Gasteiger partial charge in [0, 0.05) is 13.2 Å². The maximum atomic E-state index is 10.1. The summed E-state index contributed by atoms with van der Waals surface area (Å²) in [7, 11) is 0. The van der Waals surface area contributed by atoms with Crippen LogP contribution in [0, 0.1) is 5.92 Å². The number of hydrogen-bond donors (Lipinski definition) is 1. The highest BCUT2D eigenvalue weighted by Crippen LogP contribution is 2.29. The molecule has 1 atom stereocenters. The summed E-state index contributed by atoms with van der Waals surface area (Å²) in [6, 6.07) is 9.89. The average Bonchev–Trinajstić information content (AvgIpc) is 2.30. The molecule has 1 unspecified atom stereocenters. The van der Waals surface area contributed by atoms with E-state index in [1.165, 1.54) is 0 Å². The van der Waals surface area contributed by atoms with E-state index in [1.54, 1.807) is 0 Å². The Morgan fingerprint density at radius 2 is 1.79 bits per heavy atom. The zero-order chi connectivity index (χ0) is 9.80. The quantitative estimate of drug-likeness (QED) is 0.778. The van der Waals surface area contributed by atoms with Gasteiger partial charge in [0.05, 0.1) is 6.10 Å². The lowest BCUT2D eigenvalue weighted by Gasteiger charge is -2.26. The van der Waals surface area contributed by atoms with Crippen molar-refractivity contribution in [2.75, 3.05) is 13.2 Å². The van der Waals surface area contributed by atoms with Crippen molar-refractivity contribution in [1.29, 1.82) is 0 Å². The van der Waals surface area contributed by atoms with Crippen LogP contribution in [-0.4, -0.2) is 18.3 Å². The first kappa shape index (κ1) is 9.69. The molecule has 1 aliphatic rings. The van der Waals surface area contributed by atoms with Crippen LogP contribution in [0.15, 0.2) is 30.3 Å². The molecule has 0 spiro atoms. The lowest BCUT2D eigenvalue weighted by atomic mass is 9.89. The molecule has 2 nitrogen and oxygen atoms in total. The fourth-order valence-corrected chi connectivity index (χ4v) is 1.95. The summed E-state index contributed by atoms with van der Waals surface area (Å²) in [5.74, 6) is 0.367. The molecule has 0 radical (unpaired) electrons. The molecular formula is C12H16O2. The third kappa shape index (κ3) is 2.14. The topological polar surface area (TPSA) is 29.5 Å². The minimum absolute atomic E-state index is 0.319. The Morgan fingerprint density at radius 3 is 2.43 bits per heavy atom. The van der Waals surface area contributed by atoms with Crippen molar-refractivity contribution in [2.24, 2.45) is 5.92 Å². The van der Waals surface area contributed by atoms with Crippen LogP contribution in [0.4, 0.5) is 0 Å². The zero-order valence-corrected chi connectivity index (χ0v) is 8.23. The van der Waals surface area contributed by atoms with Crippen LogP contribution in [0.25, 0.3) is 0 Å². The minimum atomic E-state index is -0.319. The van der Waals surface area contributed by atoms with Crippen molar-refractivity contribution in [2.45, 2.75) is 18.9 Å². The summed E-state index contributed by atoms with van der Waals surface area (Å²) in [6.07, 6.45) is 1.62. The predicted molar refractivity (Wildman–Crippen MR) is 54.9 cm³/mol. The molecule has 76 valence electrons. The minimum Gasteiger partial charge on any atom is -0.388 e. The Labute approximate surface area is 84.5 Å². The van der Waals surface area contributed by atoms with E-state index >= 15 is 0 Å². The third-order valence-corrected chi connectivity index (χ3v) is 2.85. The fraction of sp³-hybridized carbons (Fsp3) is 0.500. The monoisotopic (exact) mass is 192 g/mol. The molecule has 1 heterocycles. The molecule has 1 saturated heterocycles. The van der Waals surface area contributed by atoms with Crippen molar-refractivity contribution >= 4 is 0 Å². The Hall–Kier alpha value is -0.860. The van der Waals surface area contributed by atoms with E-state index in [2.05, 4.69) is 0 Å². The number of rotatable bonds is 2. The normalized spacial score (nSPS) is 20.6. The molecule has 0 saturated carbocycles. The molecule has 1 aliphatic heterocycles. The third-order valence-electron chi connectivity index (χ3n) is 2.85. The molecule has 1 aromatic rings. The van der Waals surface area contributed by atoms with Gasteiger partial charge in [0.15, 0.2) is 0 Å². The van der Waals surface area contributed by atoms with E-state index in [9.17, 15) is 5.11 Å². The fourth-order valence-electron chi connectivity index (χ4n) is 1.95. The summed E-state index contributed by atoms with van der Waals surface area (Å²) in [5, 5.41) is 10.1. The van der Waals surface area contributed by atoms with Gasteiger partial charge in [-0.25, -0.2) is 0 Å². The Balaban J connectivity index is 2.03. The smallest absolute Gasteiger partial charge is 0.0819 e. The molecule has 14 heavy (non-hydrogen) atoms. The molecule has 1 N–H and O–H groups in total. The van der Waals surface area contributed by atoms with E-state index in [0.29, 0.717) is 5.92 Å². The molecule has 1 aromatic carbocycles. The summed E-state index contributed by atoms with van der Waals surface area (Å²) >= 11 is 0. The number of ether oxygens (including phenoxy) is 1. The van der Waals surface area contributed by atoms with E-state index in [4.69, 9.17) is 4.74 Å². The highest BCUT2D eigenvalue weighted by Gasteiger charge is 2.22. The predicted octanol–water partition coefficient (Wildman–Crippen LogP) is 2.15. The second-order valence-corrected chi connectivity index (χ2v) is 3.81. The number of hydrogen-bond acceptors (Lipinski definition) is 2. The first-order valence-electron chi connectivity index (χ1n) is 5.18. The van der Waals surface area contributed by atoms with Crippen molar-refractivity contribution in [3.05, 3.63) is 35.9 Å². The molecule has 0 aliphatic carbocycles. The summed E-state index contributed by atoms with van der Waals surface area (Å²) < 4.78 is 5.27. The highest BCUT2D eigenvalue weighted by molar-refractivity contribution is 5.18. The summed E-state index contributed by atoms with van der Waals surface area (Å²) in [4.78, 5) is 0. The molecule has 2 rings (SSSR count). The first-order valence-corrected chi connectivity index (χ1v) is 5.18. The lowest BCUT2D eigenvalue weighted by molar-refractivity contribution is 0.00719. The largest absolute Gasteiger partial charge is 0.388 e. The van der Waals surface area contributed by atoms with Gasteiger partial charge in [0.1, 0.15) is 0 Å². The molecule has 0 bridgehead atoms. The number of benzene rings is 1. The van der Waals surface area contributed by atoms with Gasteiger partial charge in [-0.2, -0.15) is 0 Å². The molecular weight excluding hydrogens is 176 g/mol. The molecule has 2 heteroatoms. The van der Waals surface area contributed by atoms with Crippen LogP contribution in [-0.2, 0) is 4.74 Å². The maximum absolute atomic E-state index is 10.1. The Bertz CT molecular complexity index is 265.